The predicted molar refractivity (Wildman–Crippen MR) is 66.2 cm³/mol. The molecule has 3 nitrogen and oxygen atoms in total. The van der Waals surface area contributed by atoms with E-state index in [1.165, 1.54) is 25.7 Å². The third-order valence-corrected chi connectivity index (χ3v) is 4.97. The number of hydrogen-bond donors (Lipinski definition) is 3. The molecule has 0 atom stereocenters. The van der Waals surface area contributed by atoms with Crippen molar-refractivity contribution in [2.24, 2.45) is 17.1 Å². The van der Waals surface area contributed by atoms with Crippen LogP contribution in [0.2, 0.25) is 0 Å². The molecule has 16 heavy (non-hydrogen) atoms. The summed E-state index contributed by atoms with van der Waals surface area (Å²) in [4.78, 5) is 0. The molecule has 0 radical (unpaired) electrons. The van der Waals surface area contributed by atoms with E-state index in [0.717, 1.165) is 31.8 Å². The van der Waals surface area contributed by atoms with Crippen molar-refractivity contribution in [3.05, 3.63) is 0 Å². The van der Waals surface area contributed by atoms with E-state index >= 15 is 0 Å². The monoisotopic (exact) mass is 226 g/mol. The van der Waals surface area contributed by atoms with E-state index in [2.05, 4.69) is 12.2 Å². The average molecular weight is 226 g/mol. The molecule has 1 aliphatic heterocycles. The average Bonchev–Trinajstić information content (AvgIpc) is 2.28. The number of β-amino-alcohol motifs (C(OH)–C–C–N with tert-alkyl or cyclic N) is 1. The Morgan fingerprint density at radius 3 is 2.31 bits per heavy atom. The van der Waals surface area contributed by atoms with E-state index in [1.807, 2.05) is 0 Å². The van der Waals surface area contributed by atoms with Crippen LogP contribution in [-0.4, -0.2) is 30.3 Å². The number of hydrogen-bond acceptors (Lipinski definition) is 3. The molecule has 1 heterocycles. The zero-order valence-corrected chi connectivity index (χ0v) is 10.5. The third kappa shape index (κ3) is 1.89. The van der Waals surface area contributed by atoms with Gasteiger partial charge in [-0.2, -0.15) is 0 Å². The van der Waals surface area contributed by atoms with Gasteiger partial charge in [0, 0.05) is 25.0 Å². The number of nitrogens with one attached hydrogen (secondary N) is 1. The molecule has 2 aliphatic rings. The van der Waals surface area contributed by atoms with Crippen LogP contribution in [-0.2, 0) is 0 Å². The van der Waals surface area contributed by atoms with Crippen LogP contribution < -0.4 is 11.1 Å². The van der Waals surface area contributed by atoms with Gasteiger partial charge in [-0.1, -0.05) is 19.8 Å². The van der Waals surface area contributed by atoms with Crippen molar-refractivity contribution in [1.29, 1.82) is 0 Å². The highest BCUT2D eigenvalue weighted by Gasteiger charge is 2.53. The first kappa shape index (κ1) is 12.3. The molecule has 0 aromatic rings. The maximum atomic E-state index is 10.6. The maximum Gasteiger partial charge on any atom is 0.0962 e. The predicted octanol–water partition coefficient (Wildman–Crippen LogP) is 1.26. The third-order valence-electron chi connectivity index (χ3n) is 4.97. The van der Waals surface area contributed by atoms with Gasteiger partial charge >= 0.3 is 0 Å². The minimum absolute atomic E-state index is 0.00247. The van der Waals surface area contributed by atoms with Gasteiger partial charge in [0.05, 0.1) is 5.60 Å². The minimum Gasteiger partial charge on any atom is -0.387 e. The van der Waals surface area contributed by atoms with Crippen LogP contribution in [0.5, 0.6) is 0 Å². The summed E-state index contributed by atoms with van der Waals surface area (Å²) in [7, 11) is 0. The second-order valence-corrected chi connectivity index (χ2v) is 5.85. The Labute approximate surface area is 98.8 Å². The molecule has 4 N–H and O–H groups in total. The molecule has 0 aromatic heterocycles. The fourth-order valence-electron chi connectivity index (χ4n) is 3.52. The Bertz CT molecular complexity index is 230. The summed E-state index contributed by atoms with van der Waals surface area (Å²) in [5, 5.41) is 13.7. The number of rotatable bonds is 4. The molecular formula is C13H26N2O. The Hall–Kier alpha value is -0.120. The topological polar surface area (TPSA) is 58.3 Å². The van der Waals surface area contributed by atoms with Crippen LogP contribution in [0.1, 0.15) is 45.4 Å². The van der Waals surface area contributed by atoms with Gasteiger partial charge in [0.25, 0.3) is 0 Å². The maximum absolute atomic E-state index is 10.6. The normalized spacial score (nSPS) is 38.1. The summed E-state index contributed by atoms with van der Waals surface area (Å²) in [6, 6.07) is 0. The first-order valence-corrected chi connectivity index (χ1v) is 6.79. The van der Waals surface area contributed by atoms with E-state index in [-0.39, 0.29) is 5.41 Å². The molecular weight excluding hydrogens is 200 g/mol. The van der Waals surface area contributed by atoms with Crippen LogP contribution in [0, 0.1) is 11.3 Å². The van der Waals surface area contributed by atoms with Gasteiger partial charge in [-0.15, -0.1) is 0 Å². The fourth-order valence-corrected chi connectivity index (χ4v) is 3.52. The Morgan fingerprint density at radius 2 is 1.94 bits per heavy atom. The van der Waals surface area contributed by atoms with Gasteiger partial charge in [0.1, 0.15) is 0 Å². The lowest BCUT2D eigenvalue weighted by atomic mass is 9.59. The largest absolute Gasteiger partial charge is 0.387 e. The molecule has 0 bridgehead atoms. The highest BCUT2D eigenvalue weighted by atomic mass is 16.3. The zero-order valence-electron chi connectivity index (χ0n) is 10.5. The van der Waals surface area contributed by atoms with Crippen LogP contribution in [0.4, 0.5) is 0 Å². The van der Waals surface area contributed by atoms with E-state index in [9.17, 15) is 5.11 Å². The van der Waals surface area contributed by atoms with Gasteiger partial charge in [-0.05, 0) is 31.6 Å². The lowest BCUT2D eigenvalue weighted by Crippen LogP contribution is -2.70. The summed E-state index contributed by atoms with van der Waals surface area (Å²) in [6.45, 7) is 4.38. The van der Waals surface area contributed by atoms with Crippen molar-refractivity contribution in [2.45, 2.75) is 51.0 Å². The van der Waals surface area contributed by atoms with Crippen LogP contribution in [0.15, 0.2) is 0 Å². The molecule has 1 aliphatic carbocycles. The second kappa shape index (κ2) is 4.63. The van der Waals surface area contributed by atoms with Crippen molar-refractivity contribution in [3.8, 4) is 0 Å². The lowest BCUT2D eigenvalue weighted by Gasteiger charge is -2.55. The molecule has 1 saturated heterocycles. The van der Waals surface area contributed by atoms with Crippen molar-refractivity contribution >= 4 is 0 Å². The molecule has 3 heteroatoms. The van der Waals surface area contributed by atoms with E-state index in [4.69, 9.17) is 5.73 Å². The van der Waals surface area contributed by atoms with E-state index < -0.39 is 5.60 Å². The summed E-state index contributed by atoms with van der Waals surface area (Å²) in [5.74, 6) is 0.876. The quantitative estimate of drug-likeness (QED) is 0.676. The molecule has 0 aromatic carbocycles. The van der Waals surface area contributed by atoms with Crippen LogP contribution in [0.3, 0.4) is 0 Å². The Balaban J connectivity index is 1.97. The fraction of sp³-hybridized carbons (Fsp3) is 1.00. The first-order chi connectivity index (χ1) is 7.66. The Kier molecular flexibility index (Phi) is 3.57. The van der Waals surface area contributed by atoms with Gasteiger partial charge < -0.3 is 16.2 Å². The van der Waals surface area contributed by atoms with Gasteiger partial charge in [0.15, 0.2) is 0 Å². The summed E-state index contributed by atoms with van der Waals surface area (Å²) in [5.41, 5.74) is 5.45. The molecule has 0 spiro atoms. The molecule has 2 rings (SSSR count). The SMILES string of the molecule is CCCC1CCC(CN)(C2(O)CNC2)CC1. The minimum atomic E-state index is -0.515. The summed E-state index contributed by atoms with van der Waals surface area (Å²) < 4.78 is 0. The van der Waals surface area contributed by atoms with Crippen LogP contribution >= 0.6 is 0 Å². The Morgan fingerprint density at radius 1 is 1.31 bits per heavy atom. The van der Waals surface area contributed by atoms with Gasteiger partial charge in [-0.3, -0.25) is 0 Å². The smallest absolute Gasteiger partial charge is 0.0962 e. The van der Waals surface area contributed by atoms with Crippen molar-refractivity contribution in [1.82, 2.24) is 5.32 Å². The molecule has 94 valence electrons. The van der Waals surface area contributed by atoms with Crippen LogP contribution in [0.25, 0.3) is 0 Å². The summed E-state index contributed by atoms with van der Waals surface area (Å²) in [6.07, 6.45) is 7.38. The molecule has 0 unspecified atom stereocenters. The first-order valence-electron chi connectivity index (χ1n) is 6.79. The molecule has 2 fully saturated rings. The molecule has 0 amide bonds. The molecule has 1 saturated carbocycles. The van der Waals surface area contributed by atoms with Crippen molar-refractivity contribution < 1.29 is 5.11 Å². The summed E-state index contributed by atoms with van der Waals surface area (Å²) >= 11 is 0. The van der Waals surface area contributed by atoms with Gasteiger partial charge in [-0.25, -0.2) is 0 Å². The number of aliphatic hydroxyl groups is 1. The van der Waals surface area contributed by atoms with E-state index in [1.54, 1.807) is 0 Å². The zero-order chi connectivity index (χ0) is 11.6. The van der Waals surface area contributed by atoms with E-state index in [0.29, 0.717) is 6.54 Å². The van der Waals surface area contributed by atoms with Crippen molar-refractivity contribution in [3.63, 3.8) is 0 Å². The van der Waals surface area contributed by atoms with Crippen molar-refractivity contribution in [2.75, 3.05) is 19.6 Å². The lowest BCUT2D eigenvalue weighted by molar-refractivity contribution is -0.136. The highest BCUT2D eigenvalue weighted by molar-refractivity contribution is 5.09. The standard InChI is InChI=1S/C13H26N2O/c1-2-3-11-4-6-12(8-14,7-5-11)13(16)9-15-10-13/h11,15-16H,2-10,14H2,1H3. The second-order valence-electron chi connectivity index (χ2n) is 5.85. The number of nitrogens with two attached hydrogens (primary N) is 1. The highest BCUT2D eigenvalue weighted by Crippen LogP contribution is 2.48. The van der Waals surface area contributed by atoms with Gasteiger partial charge in [0.2, 0.25) is 0 Å².